The number of nitrogens with one attached hydrogen (secondary N) is 2. The van der Waals surface area contributed by atoms with E-state index in [0.717, 1.165) is 59.1 Å². The number of aliphatic hydroxyl groups excluding tert-OH is 1. The van der Waals surface area contributed by atoms with Gasteiger partial charge in [-0.15, -0.1) is 5.10 Å². The summed E-state index contributed by atoms with van der Waals surface area (Å²) in [6.07, 6.45) is 5.13. The predicted octanol–water partition coefficient (Wildman–Crippen LogP) is 3.11. The Morgan fingerprint density at radius 1 is 1.25 bits per heavy atom. The predicted molar refractivity (Wildman–Crippen MR) is 122 cm³/mol. The van der Waals surface area contributed by atoms with Crippen molar-refractivity contribution in [1.29, 1.82) is 0 Å². The highest BCUT2D eigenvalue weighted by Gasteiger charge is 2.26. The summed E-state index contributed by atoms with van der Waals surface area (Å²) in [6, 6.07) is 8.28. The number of ether oxygens (including phenoxy) is 1. The van der Waals surface area contributed by atoms with Gasteiger partial charge in [0.25, 0.3) is 5.91 Å². The van der Waals surface area contributed by atoms with E-state index in [1.807, 2.05) is 29.8 Å². The SMILES string of the molecule is COC[C@H](C)Nc1ncc2c(-c3ccc4c(c3)CNC4=O)cc([C@H]3CC[C@H](O)CC3)n2n1. The van der Waals surface area contributed by atoms with Crippen LogP contribution in [0.3, 0.4) is 0 Å². The van der Waals surface area contributed by atoms with E-state index < -0.39 is 0 Å². The molecule has 1 aromatic carbocycles. The van der Waals surface area contributed by atoms with Crippen molar-refractivity contribution in [2.75, 3.05) is 19.0 Å². The first-order valence-corrected chi connectivity index (χ1v) is 11.3. The van der Waals surface area contributed by atoms with Crippen molar-refractivity contribution in [2.45, 2.75) is 57.2 Å². The molecule has 8 heteroatoms. The smallest absolute Gasteiger partial charge is 0.251 e. The fraction of sp³-hybridized carbons (Fsp3) is 0.458. The highest BCUT2D eigenvalue weighted by atomic mass is 16.5. The molecule has 0 radical (unpaired) electrons. The van der Waals surface area contributed by atoms with Crippen molar-refractivity contribution in [1.82, 2.24) is 19.9 Å². The summed E-state index contributed by atoms with van der Waals surface area (Å²) in [7, 11) is 1.68. The lowest BCUT2D eigenvalue weighted by Gasteiger charge is -2.25. The molecule has 1 fully saturated rings. The summed E-state index contributed by atoms with van der Waals surface area (Å²) < 4.78 is 7.22. The first kappa shape index (κ1) is 20.9. The van der Waals surface area contributed by atoms with E-state index in [2.05, 4.69) is 27.8 Å². The Hall–Kier alpha value is -2.97. The van der Waals surface area contributed by atoms with Gasteiger partial charge in [-0.05, 0) is 61.9 Å². The van der Waals surface area contributed by atoms with E-state index in [-0.39, 0.29) is 18.1 Å². The summed E-state index contributed by atoms with van der Waals surface area (Å²) in [6.45, 7) is 3.15. The maximum atomic E-state index is 12.0. The van der Waals surface area contributed by atoms with Crippen molar-refractivity contribution in [3.05, 3.63) is 47.3 Å². The van der Waals surface area contributed by atoms with Crippen LogP contribution in [0.2, 0.25) is 0 Å². The molecule has 1 amide bonds. The molecule has 2 aromatic heterocycles. The average molecular weight is 436 g/mol. The van der Waals surface area contributed by atoms with Gasteiger partial charge in [0, 0.05) is 42.4 Å². The van der Waals surface area contributed by atoms with Crippen LogP contribution >= 0.6 is 0 Å². The maximum Gasteiger partial charge on any atom is 0.251 e. The molecule has 8 nitrogen and oxygen atoms in total. The molecule has 0 bridgehead atoms. The van der Waals surface area contributed by atoms with Crippen LogP contribution in [0, 0.1) is 0 Å². The number of amides is 1. The molecule has 0 saturated heterocycles. The number of anilines is 1. The second-order valence-electron chi connectivity index (χ2n) is 8.92. The van der Waals surface area contributed by atoms with Crippen LogP contribution in [-0.2, 0) is 11.3 Å². The number of fused-ring (bicyclic) bond motifs is 2. The molecule has 2 aliphatic rings. The van der Waals surface area contributed by atoms with E-state index in [1.54, 1.807) is 7.11 Å². The molecule has 1 aliphatic heterocycles. The molecule has 5 rings (SSSR count). The molecule has 3 heterocycles. The normalized spacial score (nSPS) is 21.4. The minimum absolute atomic E-state index is 0.0148. The third-order valence-electron chi connectivity index (χ3n) is 6.55. The highest BCUT2D eigenvalue weighted by molar-refractivity contribution is 5.99. The lowest BCUT2D eigenvalue weighted by Crippen LogP contribution is -2.23. The van der Waals surface area contributed by atoms with Crippen molar-refractivity contribution in [3.8, 4) is 11.1 Å². The monoisotopic (exact) mass is 435 g/mol. The Labute approximate surface area is 187 Å². The number of hydrogen-bond donors (Lipinski definition) is 3. The Morgan fingerprint density at radius 2 is 2.06 bits per heavy atom. The number of aliphatic hydroxyl groups is 1. The number of methoxy groups -OCH3 is 1. The molecule has 1 aliphatic carbocycles. The molecule has 3 N–H and O–H groups in total. The Kier molecular flexibility index (Phi) is 5.57. The van der Waals surface area contributed by atoms with Gasteiger partial charge in [0.1, 0.15) is 0 Å². The van der Waals surface area contributed by atoms with E-state index >= 15 is 0 Å². The number of aromatic nitrogens is 3. The molecule has 168 valence electrons. The van der Waals surface area contributed by atoms with E-state index in [0.29, 0.717) is 25.0 Å². The lowest BCUT2D eigenvalue weighted by molar-refractivity contribution is 0.0965. The molecule has 32 heavy (non-hydrogen) atoms. The minimum atomic E-state index is -0.208. The van der Waals surface area contributed by atoms with E-state index in [4.69, 9.17) is 9.84 Å². The van der Waals surface area contributed by atoms with Crippen LogP contribution in [0.1, 0.15) is 60.1 Å². The fourth-order valence-corrected chi connectivity index (χ4v) is 4.89. The van der Waals surface area contributed by atoms with Crippen LogP contribution in [0.15, 0.2) is 30.5 Å². The molecule has 0 spiro atoms. The summed E-state index contributed by atoms with van der Waals surface area (Å²) in [4.78, 5) is 16.5. The quantitative estimate of drug-likeness (QED) is 0.550. The van der Waals surface area contributed by atoms with Gasteiger partial charge in [0.15, 0.2) is 0 Å². The Morgan fingerprint density at radius 3 is 2.84 bits per heavy atom. The summed E-state index contributed by atoms with van der Waals surface area (Å²) in [5, 5.41) is 21.0. The third kappa shape index (κ3) is 3.84. The van der Waals surface area contributed by atoms with Gasteiger partial charge in [-0.25, -0.2) is 9.50 Å². The number of benzene rings is 1. The number of carbonyl (C=O) groups is 1. The van der Waals surface area contributed by atoms with Gasteiger partial charge in [-0.3, -0.25) is 4.79 Å². The summed E-state index contributed by atoms with van der Waals surface area (Å²) >= 11 is 0. The first-order chi connectivity index (χ1) is 15.5. The first-order valence-electron chi connectivity index (χ1n) is 11.3. The van der Waals surface area contributed by atoms with Gasteiger partial charge in [-0.2, -0.15) is 0 Å². The topological polar surface area (TPSA) is 101 Å². The van der Waals surface area contributed by atoms with Crippen molar-refractivity contribution in [3.63, 3.8) is 0 Å². The largest absolute Gasteiger partial charge is 0.393 e. The zero-order valence-electron chi connectivity index (χ0n) is 18.5. The number of hydrogen-bond acceptors (Lipinski definition) is 6. The highest BCUT2D eigenvalue weighted by Crippen LogP contribution is 2.38. The van der Waals surface area contributed by atoms with Crippen LogP contribution in [-0.4, -0.2) is 51.5 Å². The summed E-state index contributed by atoms with van der Waals surface area (Å²) in [5.41, 5.74) is 5.95. The van der Waals surface area contributed by atoms with Crippen molar-refractivity contribution >= 4 is 17.4 Å². The molecular weight excluding hydrogens is 406 g/mol. The average Bonchev–Trinajstić information content (AvgIpc) is 3.35. The molecule has 0 unspecified atom stereocenters. The second-order valence-corrected chi connectivity index (χ2v) is 8.92. The fourth-order valence-electron chi connectivity index (χ4n) is 4.89. The molecule has 1 atom stereocenters. The molecule has 1 saturated carbocycles. The van der Waals surface area contributed by atoms with Crippen LogP contribution < -0.4 is 10.6 Å². The standard InChI is InChI=1S/C24H29N5O3/c1-14(13-32-2)27-24-26-12-22-20(16-5-8-19-17(9-16)11-25-23(19)31)10-21(29(22)28-24)15-3-6-18(30)7-4-15/h5,8-10,12,14-15,18,30H,3-4,6-7,11,13H2,1-2H3,(H,25,31)(H,27,28)/t14-,15-,18-/m0/s1. The number of rotatable bonds is 6. The van der Waals surface area contributed by atoms with E-state index in [1.165, 1.54) is 0 Å². The third-order valence-corrected chi connectivity index (χ3v) is 6.55. The zero-order valence-corrected chi connectivity index (χ0v) is 18.5. The maximum absolute atomic E-state index is 12.0. The van der Waals surface area contributed by atoms with Gasteiger partial charge >= 0.3 is 0 Å². The minimum Gasteiger partial charge on any atom is -0.393 e. The van der Waals surface area contributed by atoms with Gasteiger partial charge in [0.05, 0.1) is 24.4 Å². The molecular formula is C24H29N5O3. The van der Waals surface area contributed by atoms with Gasteiger partial charge in [-0.1, -0.05) is 6.07 Å². The Balaban J connectivity index is 1.58. The number of nitrogens with zero attached hydrogens (tertiary/aromatic N) is 3. The summed E-state index contributed by atoms with van der Waals surface area (Å²) in [5.74, 6) is 0.875. The molecule has 3 aromatic rings. The van der Waals surface area contributed by atoms with Crippen LogP contribution in [0.4, 0.5) is 5.95 Å². The van der Waals surface area contributed by atoms with Crippen LogP contribution in [0.5, 0.6) is 0 Å². The van der Waals surface area contributed by atoms with Crippen LogP contribution in [0.25, 0.3) is 16.6 Å². The second kappa shape index (κ2) is 8.52. The number of carbonyl (C=O) groups excluding carboxylic acids is 1. The van der Waals surface area contributed by atoms with Crippen molar-refractivity contribution in [2.24, 2.45) is 0 Å². The zero-order chi connectivity index (χ0) is 22.2. The Bertz CT molecular complexity index is 1150. The van der Waals surface area contributed by atoms with Gasteiger partial charge < -0.3 is 20.5 Å². The van der Waals surface area contributed by atoms with Gasteiger partial charge in [0.2, 0.25) is 5.95 Å². The van der Waals surface area contributed by atoms with E-state index in [9.17, 15) is 9.90 Å². The lowest BCUT2D eigenvalue weighted by atomic mass is 9.85. The van der Waals surface area contributed by atoms with Crippen molar-refractivity contribution < 1.29 is 14.6 Å².